The van der Waals surface area contributed by atoms with Crippen molar-refractivity contribution in [3.63, 3.8) is 0 Å². The fourth-order valence-corrected chi connectivity index (χ4v) is 2.97. The molecule has 0 saturated carbocycles. The van der Waals surface area contributed by atoms with Gasteiger partial charge in [0, 0.05) is 0 Å². The van der Waals surface area contributed by atoms with E-state index in [1.807, 2.05) is 13.8 Å². The summed E-state index contributed by atoms with van der Waals surface area (Å²) in [6.45, 7) is 3.40. The van der Waals surface area contributed by atoms with Crippen LogP contribution in [0.3, 0.4) is 0 Å². The van der Waals surface area contributed by atoms with Gasteiger partial charge in [0.15, 0.2) is 0 Å². The van der Waals surface area contributed by atoms with Crippen LogP contribution < -0.4 is 14.8 Å². The van der Waals surface area contributed by atoms with E-state index in [1.165, 1.54) is 12.1 Å². The predicted molar refractivity (Wildman–Crippen MR) is 92.5 cm³/mol. The number of hydrogen-bond acceptors (Lipinski definition) is 4. The van der Waals surface area contributed by atoms with Gasteiger partial charge in [-0.05, 0) is 38.1 Å². The second-order valence-electron chi connectivity index (χ2n) is 5.35. The Bertz CT molecular complexity index is 789. The zero-order valence-corrected chi connectivity index (χ0v) is 14.3. The van der Waals surface area contributed by atoms with Gasteiger partial charge in [0.25, 0.3) is 0 Å². The lowest BCUT2D eigenvalue weighted by atomic mass is 10.3. The van der Waals surface area contributed by atoms with E-state index in [2.05, 4.69) is 10.0 Å². The zero-order chi connectivity index (χ0) is 17.6. The van der Waals surface area contributed by atoms with Gasteiger partial charge in [0.05, 0.1) is 23.2 Å². The van der Waals surface area contributed by atoms with Crippen LogP contribution in [0.1, 0.15) is 13.8 Å². The Labute approximate surface area is 141 Å². The van der Waals surface area contributed by atoms with Gasteiger partial charge >= 0.3 is 0 Å². The molecular weight excluding hydrogens is 328 g/mol. The van der Waals surface area contributed by atoms with Gasteiger partial charge in [-0.3, -0.25) is 4.79 Å². The Hall–Kier alpha value is -2.38. The first-order valence-corrected chi connectivity index (χ1v) is 8.97. The minimum Gasteiger partial charge on any atom is -0.489 e. The summed E-state index contributed by atoms with van der Waals surface area (Å²) >= 11 is 0. The van der Waals surface area contributed by atoms with E-state index in [9.17, 15) is 13.2 Å². The molecule has 24 heavy (non-hydrogen) atoms. The molecule has 0 saturated heterocycles. The van der Waals surface area contributed by atoms with Crippen LogP contribution in [0.2, 0.25) is 0 Å². The highest BCUT2D eigenvalue weighted by Crippen LogP contribution is 2.24. The number of anilines is 1. The van der Waals surface area contributed by atoms with E-state index < -0.39 is 15.9 Å². The van der Waals surface area contributed by atoms with Crippen molar-refractivity contribution in [1.29, 1.82) is 0 Å². The number of ether oxygens (including phenoxy) is 1. The zero-order valence-electron chi connectivity index (χ0n) is 13.5. The predicted octanol–water partition coefficient (Wildman–Crippen LogP) is 2.39. The number of rotatable bonds is 7. The Balaban J connectivity index is 2.00. The lowest BCUT2D eigenvalue weighted by Crippen LogP contribution is -2.33. The SMILES string of the molecule is CC(C)Oc1ccccc1NC(=O)CNS(=O)(=O)c1ccccc1. The van der Waals surface area contributed by atoms with Crippen molar-refractivity contribution in [2.75, 3.05) is 11.9 Å². The minimum atomic E-state index is -3.72. The summed E-state index contributed by atoms with van der Waals surface area (Å²) in [5, 5.41) is 2.65. The molecule has 0 aliphatic rings. The average molecular weight is 348 g/mol. The van der Waals surface area contributed by atoms with Gasteiger partial charge in [0.1, 0.15) is 5.75 Å². The number of sulfonamides is 1. The van der Waals surface area contributed by atoms with Gasteiger partial charge in [0.2, 0.25) is 15.9 Å². The van der Waals surface area contributed by atoms with Crippen molar-refractivity contribution >= 4 is 21.6 Å². The third-order valence-electron chi connectivity index (χ3n) is 3.00. The van der Waals surface area contributed by atoms with Crippen molar-refractivity contribution in [2.24, 2.45) is 0 Å². The first-order chi connectivity index (χ1) is 11.4. The molecule has 0 aliphatic heterocycles. The van der Waals surface area contributed by atoms with Crippen LogP contribution in [0.5, 0.6) is 5.75 Å². The van der Waals surface area contributed by atoms with Crippen molar-refractivity contribution in [3.05, 3.63) is 54.6 Å². The summed E-state index contributed by atoms with van der Waals surface area (Å²) in [5.74, 6) is 0.0566. The molecular formula is C17H20N2O4S. The van der Waals surface area contributed by atoms with Gasteiger partial charge < -0.3 is 10.1 Å². The normalized spacial score (nSPS) is 11.3. The molecule has 0 radical (unpaired) electrons. The van der Waals surface area contributed by atoms with Gasteiger partial charge in [-0.25, -0.2) is 13.1 Å². The molecule has 0 heterocycles. The second kappa shape index (κ2) is 7.94. The monoisotopic (exact) mass is 348 g/mol. The van der Waals surface area contributed by atoms with Crippen LogP contribution in [0.25, 0.3) is 0 Å². The first-order valence-electron chi connectivity index (χ1n) is 7.49. The van der Waals surface area contributed by atoms with E-state index >= 15 is 0 Å². The molecule has 0 aromatic heterocycles. The standard InChI is InChI=1S/C17H20N2O4S/c1-13(2)23-16-11-7-6-10-15(16)19-17(20)12-18-24(21,22)14-8-4-3-5-9-14/h3-11,13,18H,12H2,1-2H3,(H,19,20). The molecule has 2 aromatic carbocycles. The molecule has 0 aliphatic carbocycles. The van der Waals surface area contributed by atoms with E-state index in [1.54, 1.807) is 42.5 Å². The number of para-hydroxylation sites is 2. The Morgan fingerprint density at radius 3 is 2.33 bits per heavy atom. The number of carbonyl (C=O) groups is 1. The first kappa shape index (κ1) is 18.0. The summed E-state index contributed by atoms with van der Waals surface area (Å²) < 4.78 is 32.1. The number of hydrogen-bond donors (Lipinski definition) is 2. The van der Waals surface area contributed by atoms with Crippen molar-refractivity contribution in [3.8, 4) is 5.75 Å². The van der Waals surface area contributed by atoms with Crippen LogP contribution >= 0.6 is 0 Å². The van der Waals surface area contributed by atoms with Gasteiger partial charge in [-0.2, -0.15) is 0 Å². The van der Waals surface area contributed by atoms with E-state index in [-0.39, 0.29) is 17.5 Å². The van der Waals surface area contributed by atoms with Crippen LogP contribution in [-0.2, 0) is 14.8 Å². The molecule has 2 rings (SSSR count). The molecule has 1 amide bonds. The third kappa shape index (κ3) is 5.07. The van der Waals surface area contributed by atoms with Crippen LogP contribution in [-0.4, -0.2) is 27.0 Å². The quantitative estimate of drug-likeness (QED) is 0.805. The van der Waals surface area contributed by atoms with Crippen LogP contribution in [0.15, 0.2) is 59.5 Å². The number of amides is 1. The Morgan fingerprint density at radius 2 is 1.67 bits per heavy atom. The number of carbonyl (C=O) groups excluding carboxylic acids is 1. The largest absolute Gasteiger partial charge is 0.489 e. The lowest BCUT2D eigenvalue weighted by Gasteiger charge is -2.15. The highest BCUT2D eigenvalue weighted by molar-refractivity contribution is 7.89. The third-order valence-corrected chi connectivity index (χ3v) is 4.42. The highest BCUT2D eigenvalue weighted by atomic mass is 32.2. The van der Waals surface area contributed by atoms with Crippen molar-refractivity contribution < 1.29 is 17.9 Å². The molecule has 0 atom stereocenters. The highest BCUT2D eigenvalue weighted by Gasteiger charge is 2.15. The summed E-state index contributed by atoms with van der Waals surface area (Å²) in [4.78, 5) is 12.1. The van der Waals surface area contributed by atoms with Gasteiger partial charge in [-0.1, -0.05) is 30.3 Å². The summed E-state index contributed by atoms with van der Waals surface area (Å²) in [5.41, 5.74) is 0.495. The summed E-state index contributed by atoms with van der Waals surface area (Å²) in [6.07, 6.45) is -0.0420. The molecule has 0 spiro atoms. The smallest absolute Gasteiger partial charge is 0.241 e. The molecule has 7 heteroatoms. The maximum atomic E-state index is 12.1. The maximum Gasteiger partial charge on any atom is 0.241 e. The number of nitrogens with one attached hydrogen (secondary N) is 2. The van der Waals surface area contributed by atoms with Crippen molar-refractivity contribution in [1.82, 2.24) is 4.72 Å². The molecule has 2 aromatic rings. The molecule has 0 fully saturated rings. The topological polar surface area (TPSA) is 84.5 Å². The van der Waals surface area contributed by atoms with Crippen molar-refractivity contribution in [2.45, 2.75) is 24.8 Å². The lowest BCUT2D eigenvalue weighted by molar-refractivity contribution is -0.115. The van der Waals surface area contributed by atoms with E-state index in [0.29, 0.717) is 11.4 Å². The van der Waals surface area contributed by atoms with Crippen LogP contribution in [0, 0.1) is 0 Å². The molecule has 0 bridgehead atoms. The average Bonchev–Trinajstić information content (AvgIpc) is 2.55. The summed E-state index contributed by atoms with van der Waals surface area (Å²) in [7, 11) is -3.72. The molecule has 6 nitrogen and oxygen atoms in total. The fourth-order valence-electron chi connectivity index (χ4n) is 1.96. The molecule has 0 unspecified atom stereocenters. The van der Waals surface area contributed by atoms with E-state index in [4.69, 9.17) is 4.74 Å². The van der Waals surface area contributed by atoms with Gasteiger partial charge in [-0.15, -0.1) is 0 Å². The van der Waals surface area contributed by atoms with Crippen LogP contribution in [0.4, 0.5) is 5.69 Å². The number of benzene rings is 2. The Kier molecular flexibility index (Phi) is 5.94. The fraction of sp³-hybridized carbons (Fsp3) is 0.235. The molecule has 128 valence electrons. The molecule has 2 N–H and O–H groups in total. The summed E-state index contributed by atoms with van der Waals surface area (Å²) in [6, 6.07) is 14.9. The minimum absolute atomic E-state index is 0.0420. The van der Waals surface area contributed by atoms with E-state index in [0.717, 1.165) is 0 Å². The maximum absolute atomic E-state index is 12.1. The second-order valence-corrected chi connectivity index (χ2v) is 7.12. The Morgan fingerprint density at radius 1 is 1.04 bits per heavy atom.